The molecule has 0 spiro atoms. The van der Waals surface area contributed by atoms with Gasteiger partial charge in [0.1, 0.15) is 5.82 Å². The van der Waals surface area contributed by atoms with Gasteiger partial charge in [-0.25, -0.2) is 4.39 Å². The fourth-order valence-electron chi connectivity index (χ4n) is 2.58. The smallest absolute Gasteiger partial charge is 0.137 e. The zero-order chi connectivity index (χ0) is 11.8. The van der Waals surface area contributed by atoms with Gasteiger partial charge in [0, 0.05) is 10.9 Å². The molecule has 17 heavy (non-hydrogen) atoms. The molecule has 1 N–H and O–H groups in total. The number of halogens is 1. The molecule has 3 rings (SSSR count). The summed E-state index contributed by atoms with van der Waals surface area (Å²) in [7, 11) is 0. The van der Waals surface area contributed by atoms with Crippen LogP contribution < -0.4 is 5.32 Å². The summed E-state index contributed by atoms with van der Waals surface area (Å²) < 4.78 is 13.7. The van der Waals surface area contributed by atoms with Crippen molar-refractivity contribution in [1.29, 1.82) is 0 Å². The highest BCUT2D eigenvalue weighted by Gasteiger charge is 2.33. The first-order valence-corrected chi connectivity index (χ1v) is 7.39. The van der Waals surface area contributed by atoms with Gasteiger partial charge in [-0.3, -0.25) is 0 Å². The Hall–Kier alpha value is -0.540. The first kappa shape index (κ1) is 11.5. The van der Waals surface area contributed by atoms with Gasteiger partial charge in [0.2, 0.25) is 0 Å². The third kappa shape index (κ3) is 2.36. The maximum atomic E-state index is 13.7. The van der Waals surface area contributed by atoms with E-state index in [9.17, 15) is 4.39 Å². The van der Waals surface area contributed by atoms with Gasteiger partial charge in [-0.1, -0.05) is 19.1 Å². The lowest BCUT2D eigenvalue weighted by Crippen LogP contribution is -2.27. The number of fused-ring (bicyclic) bond motifs is 1. The number of benzene rings is 1. The summed E-state index contributed by atoms with van der Waals surface area (Å²) in [4.78, 5) is 0.861. The van der Waals surface area contributed by atoms with Crippen LogP contribution in [-0.4, -0.2) is 12.3 Å². The summed E-state index contributed by atoms with van der Waals surface area (Å²) >= 11 is 1.65. The molecule has 2 aliphatic rings. The van der Waals surface area contributed by atoms with Gasteiger partial charge in [0.05, 0.1) is 0 Å². The van der Waals surface area contributed by atoms with E-state index >= 15 is 0 Å². The quantitative estimate of drug-likeness (QED) is 0.880. The van der Waals surface area contributed by atoms with E-state index < -0.39 is 0 Å². The third-order valence-corrected chi connectivity index (χ3v) is 5.09. The van der Waals surface area contributed by atoms with Gasteiger partial charge < -0.3 is 5.32 Å². The van der Waals surface area contributed by atoms with Gasteiger partial charge in [0.25, 0.3) is 0 Å². The molecule has 0 saturated heterocycles. The topological polar surface area (TPSA) is 12.0 Å². The zero-order valence-corrected chi connectivity index (χ0v) is 10.9. The molecular formula is C14H18FNS. The minimum Gasteiger partial charge on any atom is -0.310 e. The van der Waals surface area contributed by atoms with Crippen LogP contribution in [0.25, 0.3) is 0 Å². The first-order valence-electron chi connectivity index (χ1n) is 6.40. The lowest BCUT2D eigenvalue weighted by atomic mass is 10.0. The van der Waals surface area contributed by atoms with Crippen molar-refractivity contribution < 1.29 is 4.39 Å². The van der Waals surface area contributed by atoms with Gasteiger partial charge in [-0.15, -0.1) is 11.8 Å². The largest absolute Gasteiger partial charge is 0.310 e. The van der Waals surface area contributed by atoms with E-state index in [1.165, 1.54) is 6.42 Å². The van der Waals surface area contributed by atoms with E-state index in [0.29, 0.717) is 6.04 Å². The number of nitrogens with one attached hydrogen (secondary N) is 1. The molecule has 1 nitrogen and oxygen atoms in total. The van der Waals surface area contributed by atoms with E-state index in [0.717, 1.165) is 41.0 Å². The van der Waals surface area contributed by atoms with Crippen LogP contribution in [0.5, 0.6) is 0 Å². The molecule has 0 bridgehead atoms. The Bertz CT molecular complexity index is 421. The summed E-state index contributed by atoms with van der Waals surface area (Å²) in [6.45, 7) is 3.39. The Morgan fingerprint density at radius 3 is 3.06 bits per heavy atom. The fraction of sp³-hybridized carbons (Fsp3) is 0.571. The Balaban J connectivity index is 1.72. The van der Waals surface area contributed by atoms with Crippen LogP contribution in [0.3, 0.4) is 0 Å². The second-order valence-corrected chi connectivity index (χ2v) is 6.33. The molecule has 1 aliphatic carbocycles. The maximum absolute atomic E-state index is 13.7. The summed E-state index contributed by atoms with van der Waals surface area (Å²) in [5, 5.41) is 3.62. The predicted octanol–water partition coefficient (Wildman–Crippen LogP) is 3.61. The van der Waals surface area contributed by atoms with Crippen molar-refractivity contribution in [3.8, 4) is 0 Å². The summed E-state index contributed by atoms with van der Waals surface area (Å²) in [6.07, 6.45) is 2.46. The number of hydrogen-bond acceptors (Lipinski definition) is 2. The van der Waals surface area contributed by atoms with Crippen molar-refractivity contribution in [3.63, 3.8) is 0 Å². The van der Waals surface area contributed by atoms with Crippen molar-refractivity contribution in [2.45, 2.75) is 30.7 Å². The van der Waals surface area contributed by atoms with Crippen molar-refractivity contribution in [1.82, 2.24) is 5.32 Å². The molecule has 0 amide bonds. The highest BCUT2D eigenvalue weighted by atomic mass is 32.2. The summed E-state index contributed by atoms with van der Waals surface area (Å²) in [5.74, 6) is 2.69. The number of thioether (sulfide) groups is 1. The lowest BCUT2D eigenvalue weighted by Gasteiger charge is -2.26. The Kier molecular flexibility index (Phi) is 3.14. The predicted molar refractivity (Wildman–Crippen MR) is 69.8 cm³/mol. The molecule has 0 radical (unpaired) electrons. The molecule has 1 fully saturated rings. The second-order valence-electron chi connectivity index (χ2n) is 5.23. The van der Waals surface area contributed by atoms with E-state index in [-0.39, 0.29) is 5.82 Å². The molecule has 1 saturated carbocycles. The fourth-order valence-corrected chi connectivity index (χ4v) is 3.72. The van der Waals surface area contributed by atoms with Crippen LogP contribution >= 0.6 is 11.8 Å². The Morgan fingerprint density at radius 1 is 1.47 bits per heavy atom. The minimum absolute atomic E-state index is 0.0567. The monoisotopic (exact) mass is 251 g/mol. The van der Waals surface area contributed by atoms with Crippen molar-refractivity contribution >= 4 is 11.8 Å². The molecule has 3 unspecified atom stereocenters. The summed E-state index contributed by atoms with van der Waals surface area (Å²) in [5.41, 5.74) is 1.16. The highest BCUT2D eigenvalue weighted by Crippen LogP contribution is 2.40. The van der Waals surface area contributed by atoms with E-state index in [1.54, 1.807) is 17.8 Å². The van der Waals surface area contributed by atoms with Crippen LogP contribution in [0.15, 0.2) is 23.1 Å². The molecule has 1 aromatic rings. The highest BCUT2D eigenvalue weighted by molar-refractivity contribution is 7.99. The maximum Gasteiger partial charge on any atom is 0.137 e. The van der Waals surface area contributed by atoms with Crippen LogP contribution in [0.2, 0.25) is 0 Å². The molecular weight excluding hydrogens is 233 g/mol. The van der Waals surface area contributed by atoms with Gasteiger partial charge in [0.15, 0.2) is 0 Å². The van der Waals surface area contributed by atoms with E-state index in [4.69, 9.17) is 0 Å². The van der Waals surface area contributed by atoms with Crippen molar-refractivity contribution in [2.75, 3.05) is 12.3 Å². The van der Waals surface area contributed by atoms with Crippen LogP contribution in [0, 0.1) is 17.7 Å². The Labute approximate surface area is 106 Å². The third-order valence-electron chi connectivity index (χ3n) is 3.93. The normalized spacial score (nSPS) is 31.1. The standard InChI is InChI=1S/C14H18FNS/c1-9-7-10(9)8-16-13-5-6-17-14-11(13)3-2-4-12(14)15/h2-4,9-10,13,16H,5-8H2,1H3. The SMILES string of the molecule is CC1CC1CNC1CCSc2c(F)cccc21. The summed E-state index contributed by atoms with van der Waals surface area (Å²) in [6, 6.07) is 5.82. The molecule has 1 aromatic carbocycles. The molecule has 3 heteroatoms. The van der Waals surface area contributed by atoms with Gasteiger partial charge in [-0.05, 0) is 48.6 Å². The van der Waals surface area contributed by atoms with Gasteiger partial charge >= 0.3 is 0 Å². The molecule has 1 heterocycles. The number of rotatable bonds is 3. The van der Waals surface area contributed by atoms with Crippen molar-refractivity contribution in [3.05, 3.63) is 29.6 Å². The lowest BCUT2D eigenvalue weighted by molar-refractivity contribution is 0.477. The zero-order valence-electron chi connectivity index (χ0n) is 10.1. The van der Waals surface area contributed by atoms with Gasteiger partial charge in [-0.2, -0.15) is 0 Å². The average molecular weight is 251 g/mol. The second kappa shape index (κ2) is 4.62. The van der Waals surface area contributed by atoms with Crippen molar-refractivity contribution in [2.24, 2.45) is 11.8 Å². The Morgan fingerprint density at radius 2 is 2.29 bits per heavy atom. The minimum atomic E-state index is -0.0567. The molecule has 0 aromatic heterocycles. The first-order chi connectivity index (χ1) is 8.25. The number of hydrogen-bond donors (Lipinski definition) is 1. The van der Waals surface area contributed by atoms with E-state index in [1.807, 2.05) is 6.07 Å². The van der Waals surface area contributed by atoms with E-state index in [2.05, 4.69) is 18.3 Å². The van der Waals surface area contributed by atoms with Crippen LogP contribution in [0.4, 0.5) is 4.39 Å². The molecule has 92 valence electrons. The molecule has 1 aliphatic heterocycles. The van der Waals surface area contributed by atoms with Crippen LogP contribution in [0.1, 0.15) is 31.4 Å². The average Bonchev–Trinajstić information content (AvgIpc) is 3.03. The molecule has 3 atom stereocenters. The van der Waals surface area contributed by atoms with Crippen LogP contribution in [-0.2, 0) is 0 Å².